The second-order valence-electron chi connectivity index (χ2n) is 4.69. The van der Waals surface area contributed by atoms with Crippen molar-refractivity contribution in [3.63, 3.8) is 0 Å². The van der Waals surface area contributed by atoms with Gasteiger partial charge in [0.05, 0.1) is 5.92 Å². The standard InChI is InChI=1S/C10H15F3/c1-6-4-7-2-3-8(5-9(6)7)10(11,12)13/h6-9H,2-5H2,1H3/t6-,7?,8+,9?/m1/s1. The number of fused-ring (bicyclic) bond motifs is 1. The second-order valence-corrected chi connectivity index (χ2v) is 4.69. The van der Waals surface area contributed by atoms with Crippen LogP contribution in [0.4, 0.5) is 13.2 Å². The van der Waals surface area contributed by atoms with Crippen molar-refractivity contribution >= 4 is 0 Å². The lowest BCUT2D eigenvalue weighted by molar-refractivity contribution is -0.198. The molecule has 0 radical (unpaired) electrons. The Kier molecular flexibility index (Phi) is 2.08. The van der Waals surface area contributed by atoms with Crippen LogP contribution in [0.2, 0.25) is 0 Å². The number of alkyl halides is 3. The molecule has 0 heterocycles. The fourth-order valence-corrected chi connectivity index (χ4v) is 3.01. The number of hydrogen-bond donors (Lipinski definition) is 0. The quantitative estimate of drug-likeness (QED) is 0.550. The van der Waals surface area contributed by atoms with Crippen molar-refractivity contribution in [2.75, 3.05) is 0 Å². The Morgan fingerprint density at radius 2 is 1.77 bits per heavy atom. The summed E-state index contributed by atoms with van der Waals surface area (Å²) in [4.78, 5) is 0. The molecule has 2 saturated carbocycles. The maximum atomic E-state index is 12.4. The first-order chi connectivity index (χ1) is 5.98. The molecule has 2 fully saturated rings. The zero-order valence-electron chi connectivity index (χ0n) is 7.77. The lowest BCUT2D eigenvalue weighted by Gasteiger charge is -2.49. The topological polar surface area (TPSA) is 0 Å². The molecular weight excluding hydrogens is 177 g/mol. The number of hydrogen-bond acceptors (Lipinski definition) is 0. The minimum atomic E-state index is -3.94. The van der Waals surface area contributed by atoms with E-state index in [2.05, 4.69) is 6.92 Å². The number of halogens is 3. The first kappa shape index (κ1) is 9.35. The van der Waals surface area contributed by atoms with Crippen molar-refractivity contribution in [1.29, 1.82) is 0 Å². The van der Waals surface area contributed by atoms with Gasteiger partial charge in [0.15, 0.2) is 0 Å². The highest BCUT2D eigenvalue weighted by Gasteiger charge is 2.49. The summed E-state index contributed by atoms with van der Waals surface area (Å²) in [6.07, 6.45) is -1.21. The summed E-state index contributed by atoms with van der Waals surface area (Å²) >= 11 is 0. The molecule has 3 heteroatoms. The van der Waals surface area contributed by atoms with E-state index in [1.54, 1.807) is 0 Å². The zero-order valence-corrected chi connectivity index (χ0v) is 7.77. The predicted molar refractivity (Wildman–Crippen MR) is 44.2 cm³/mol. The Hall–Kier alpha value is -0.210. The maximum Gasteiger partial charge on any atom is 0.391 e. The minimum absolute atomic E-state index is 0.372. The van der Waals surface area contributed by atoms with Crippen molar-refractivity contribution in [1.82, 2.24) is 0 Å². The Labute approximate surface area is 76.5 Å². The van der Waals surface area contributed by atoms with Crippen molar-refractivity contribution < 1.29 is 13.2 Å². The largest absolute Gasteiger partial charge is 0.391 e. The van der Waals surface area contributed by atoms with Crippen LogP contribution < -0.4 is 0 Å². The SMILES string of the molecule is C[C@@H]1CC2CC[C@H](C(F)(F)F)CC21. The van der Waals surface area contributed by atoms with Gasteiger partial charge in [0.2, 0.25) is 0 Å². The fraction of sp³-hybridized carbons (Fsp3) is 1.00. The third-order valence-electron chi connectivity index (χ3n) is 3.92. The summed E-state index contributed by atoms with van der Waals surface area (Å²) in [5, 5.41) is 0. The van der Waals surface area contributed by atoms with Gasteiger partial charge in [-0.25, -0.2) is 0 Å². The van der Waals surface area contributed by atoms with Crippen LogP contribution in [0.3, 0.4) is 0 Å². The Balaban J connectivity index is 1.96. The van der Waals surface area contributed by atoms with Gasteiger partial charge in [0.1, 0.15) is 0 Å². The highest BCUT2D eigenvalue weighted by Crippen LogP contribution is 2.53. The average molecular weight is 192 g/mol. The lowest BCUT2D eigenvalue weighted by atomic mass is 9.57. The lowest BCUT2D eigenvalue weighted by Crippen LogP contribution is -2.43. The Bertz CT molecular complexity index is 197. The van der Waals surface area contributed by atoms with Crippen LogP contribution >= 0.6 is 0 Å². The van der Waals surface area contributed by atoms with Crippen LogP contribution in [0.15, 0.2) is 0 Å². The molecular formula is C10H15F3. The highest BCUT2D eigenvalue weighted by molar-refractivity contribution is 4.93. The molecule has 2 aliphatic carbocycles. The van der Waals surface area contributed by atoms with Gasteiger partial charge < -0.3 is 0 Å². The minimum Gasteiger partial charge on any atom is -0.171 e. The normalized spacial score (nSPS) is 45.2. The van der Waals surface area contributed by atoms with Crippen LogP contribution in [0.1, 0.15) is 32.6 Å². The summed E-state index contributed by atoms with van der Waals surface area (Å²) in [5.41, 5.74) is 0. The van der Waals surface area contributed by atoms with Crippen LogP contribution in [0, 0.1) is 23.7 Å². The first-order valence-electron chi connectivity index (χ1n) is 5.05. The van der Waals surface area contributed by atoms with Crippen molar-refractivity contribution in [2.24, 2.45) is 23.7 Å². The molecule has 2 rings (SSSR count). The van der Waals surface area contributed by atoms with E-state index in [1.807, 2.05) is 0 Å². The molecule has 13 heavy (non-hydrogen) atoms. The van der Waals surface area contributed by atoms with E-state index in [4.69, 9.17) is 0 Å². The van der Waals surface area contributed by atoms with Gasteiger partial charge in [-0.2, -0.15) is 13.2 Å². The average Bonchev–Trinajstić information content (AvgIpc) is 2.00. The zero-order chi connectivity index (χ0) is 9.64. The summed E-state index contributed by atoms with van der Waals surface area (Å²) in [5.74, 6) is 0.528. The van der Waals surface area contributed by atoms with Gasteiger partial charge in [-0.05, 0) is 43.4 Å². The summed E-state index contributed by atoms with van der Waals surface area (Å²) in [6, 6.07) is 0. The third kappa shape index (κ3) is 1.57. The molecule has 2 unspecified atom stereocenters. The van der Waals surface area contributed by atoms with E-state index in [0.717, 1.165) is 12.8 Å². The van der Waals surface area contributed by atoms with Gasteiger partial charge in [-0.1, -0.05) is 6.92 Å². The molecule has 0 nitrogen and oxygen atoms in total. The molecule has 0 aromatic heterocycles. The van der Waals surface area contributed by atoms with E-state index in [-0.39, 0.29) is 0 Å². The molecule has 0 aliphatic heterocycles. The maximum absolute atomic E-state index is 12.4. The van der Waals surface area contributed by atoms with E-state index in [1.165, 1.54) is 0 Å². The summed E-state index contributed by atoms with van der Waals surface area (Å²) in [6.45, 7) is 2.08. The van der Waals surface area contributed by atoms with Crippen LogP contribution in [0.5, 0.6) is 0 Å². The third-order valence-corrected chi connectivity index (χ3v) is 3.92. The van der Waals surface area contributed by atoms with Crippen LogP contribution in [0.25, 0.3) is 0 Å². The summed E-state index contributed by atoms with van der Waals surface area (Å²) < 4.78 is 37.2. The molecule has 2 aliphatic rings. The molecule has 76 valence electrons. The van der Waals surface area contributed by atoms with Crippen molar-refractivity contribution in [3.8, 4) is 0 Å². The fourth-order valence-electron chi connectivity index (χ4n) is 3.01. The monoisotopic (exact) mass is 192 g/mol. The van der Waals surface area contributed by atoms with Crippen LogP contribution in [-0.2, 0) is 0 Å². The predicted octanol–water partition coefficient (Wildman–Crippen LogP) is 3.62. The molecule has 0 spiro atoms. The molecule has 4 atom stereocenters. The van der Waals surface area contributed by atoms with Gasteiger partial charge in [0, 0.05) is 0 Å². The van der Waals surface area contributed by atoms with Gasteiger partial charge in [-0.3, -0.25) is 0 Å². The molecule has 0 amide bonds. The van der Waals surface area contributed by atoms with Crippen LogP contribution in [-0.4, -0.2) is 6.18 Å². The Morgan fingerprint density at radius 3 is 2.31 bits per heavy atom. The Morgan fingerprint density at radius 1 is 1.08 bits per heavy atom. The van der Waals surface area contributed by atoms with E-state index in [9.17, 15) is 13.2 Å². The molecule has 0 N–H and O–H groups in total. The van der Waals surface area contributed by atoms with Crippen molar-refractivity contribution in [3.05, 3.63) is 0 Å². The molecule has 0 aromatic carbocycles. The molecule has 0 saturated heterocycles. The summed E-state index contributed by atoms with van der Waals surface area (Å²) in [7, 11) is 0. The molecule has 0 aromatic rings. The molecule has 0 bridgehead atoms. The smallest absolute Gasteiger partial charge is 0.171 e. The van der Waals surface area contributed by atoms with E-state index < -0.39 is 12.1 Å². The van der Waals surface area contributed by atoms with E-state index >= 15 is 0 Å². The highest BCUT2D eigenvalue weighted by atomic mass is 19.4. The number of rotatable bonds is 0. The van der Waals surface area contributed by atoms with Crippen molar-refractivity contribution in [2.45, 2.75) is 38.8 Å². The van der Waals surface area contributed by atoms with Gasteiger partial charge in [-0.15, -0.1) is 0 Å². The van der Waals surface area contributed by atoms with Gasteiger partial charge in [0.25, 0.3) is 0 Å². The van der Waals surface area contributed by atoms with E-state index in [0.29, 0.717) is 30.6 Å². The first-order valence-corrected chi connectivity index (χ1v) is 5.05. The second kappa shape index (κ2) is 2.89. The van der Waals surface area contributed by atoms with Gasteiger partial charge >= 0.3 is 6.18 Å².